The molecule has 0 radical (unpaired) electrons. The number of aliphatic hydroxyl groups is 1. The third-order valence-corrected chi connectivity index (χ3v) is 3.78. The summed E-state index contributed by atoms with van der Waals surface area (Å²) in [6.07, 6.45) is 0.872. The summed E-state index contributed by atoms with van der Waals surface area (Å²) in [6, 6.07) is 8.18. The Labute approximate surface area is 129 Å². The zero-order chi connectivity index (χ0) is 15.8. The van der Waals surface area contributed by atoms with Gasteiger partial charge in [0.2, 0.25) is 0 Å². The van der Waals surface area contributed by atoms with E-state index >= 15 is 0 Å². The van der Waals surface area contributed by atoms with Crippen LogP contribution >= 0.6 is 0 Å². The lowest BCUT2D eigenvalue weighted by molar-refractivity contribution is 0.0711. The molecule has 1 rings (SSSR count). The van der Waals surface area contributed by atoms with Crippen LogP contribution in [0.15, 0.2) is 24.3 Å². The fraction of sp³-hybridized carbons (Fsp3) is 0.667. The molecule has 1 aromatic rings. The second kappa shape index (κ2) is 9.06. The first-order valence-electron chi connectivity index (χ1n) is 7.95. The van der Waals surface area contributed by atoms with E-state index in [-0.39, 0.29) is 12.0 Å². The molecule has 1 N–H and O–H groups in total. The van der Waals surface area contributed by atoms with E-state index in [0.29, 0.717) is 5.92 Å². The molecule has 120 valence electrons. The summed E-state index contributed by atoms with van der Waals surface area (Å²) in [5, 5.41) is 10.2. The van der Waals surface area contributed by atoms with Crippen LogP contribution in [0.1, 0.15) is 39.7 Å². The molecule has 0 bridgehead atoms. The molecule has 0 heterocycles. The minimum atomic E-state index is -0.275. The van der Waals surface area contributed by atoms with E-state index in [1.54, 1.807) is 7.11 Å². The van der Waals surface area contributed by atoms with Crippen LogP contribution in [-0.4, -0.2) is 36.3 Å². The number of ether oxygens (including phenoxy) is 1. The van der Waals surface area contributed by atoms with Crippen molar-refractivity contribution in [3.63, 3.8) is 0 Å². The average Bonchev–Trinajstić information content (AvgIpc) is 2.44. The summed E-state index contributed by atoms with van der Waals surface area (Å²) in [7, 11) is 1.69. The molecule has 1 atom stereocenters. The molecule has 3 heteroatoms. The Hall–Kier alpha value is -1.06. The van der Waals surface area contributed by atoms with Crippen LogP contribution in [0, 0.1) is 11.8 Å². The predicted molar refractivity (Wildman–Crippen MR) is 88.6 cm³/mol. The van der Waals surface area contributed by atoms with Gasteiger partial charge in [0.1, 0.15) is 5.75 Å². The summed E-state index contributed by atoms with van der Waals surface area (Å²) >= 11 is 0. The standard InChI is InChI=1S/C18H31NO2/c1-14(2)9-10-19(13-18(20)15(3)4)12-16-7-6-8-17(11-16)21-5/h6-8,11,14-15,18,20H,9-10,12-13H2,1-5H3/t18-/m1/s1. The molecular weight excluding hydrogens is 262 g/mol. The summed E-state index contributed by atoms with van der Waals surface area (Å²) in [4.78, 5) is 2.35. The first kappa shape index (κ1) is 18.0. The highest BCUT2D eigenvalue weighted by Gasteiger charge is 2.15. The number of methoxy groups -OCH3 is 1. The zero-order valence-corrected chi connectivity index (χ0v) is 14.2. The smallest absolute Gasteiger partial charge is 0.119 e. The molecule has 0 unspecified atom stereocenters. The lowest BCUT2D eigenvalue weighted by atomic mass is 10.1. The van der Waals surface area contributed by atoms with Crippen molar-refractivity contribution < 1.29 is 9.84 Å². The van der Waals surface area contributed by atoms with Crippen LogP contribution in [-0.2, 0) is 6.54 Å². The van der Waals surface area contributed by atoms with Gasteiger partial charge in [-0.25, -0.2) is 0 Å². The Morgan fingerprint density at radius 1 is 1.19 bits per heavy atom. The Bertz CT molecular complexity index is 404. The number of hydrogen-bond acceptors (Lipinski definition) is 3. The maximum atomic E-state index is 10.2. The first-order valence-corrected chi connectivity index (χ1v) is 7.95. The van der Waals surface area contributed by atoms with Crippen molar-refractivity contribution in [2.45, 2.75) is 46.8 Å². The van der Waals surface area contributed by atoms with E-state index in [2.05, 4.69) is 44.7 Å². The van der Waals surface area contributed by atoms with Crippen molar-refractivity contribution in [2.75, 3.05) is 20.2 Å². The van der Waals surface area contributed by atoms with Crippen molar-refractivity contribution in [1.29, 1.82) is 0 Å². The Balaban J connectivity index is 2.70. The third-order valence-electron chi connectivity index (χ3n) is 3.78. The van der Waals surface area contributed by atoms with Gasteiger partial charge in [-0.3, -0.25) is 4.90 Å². The molecule has 21 heavy (non-hydrogen) atoms. The second-order valence-corrected chi connectivity index (χ2v) is 6.58. The number of benzene rings is 1. The molecule has 3 nitrogen and oxygen atoms in total. The van der Waals surface area contributed by atoms with Crippen LogP contribution in [0.25, 0.3) is 0 Å². The highest BCUT2D eigenvalue weighted by atomic mass is 16.5. The molecule has 0 aliphatic carbocycles. The summed E-state index contributed by atoms with van der Waals surface area (Å²) < 4.78 is 5.29. The summed E-state index contributed by atoms with van der Waals surface area (Å²) in [6.45, 7) is 11.2. The number of hydrogen-bond donors (Lipinski definition) is 1. The summed E-state index contributed by atoms with van der Waals surface area (Å²) in [5.41, 5.74) is 1.23. The lowest BCUT2D eigenvalue weighted by Gasteiger charge is -2.27. The Morgan fingerprint density at radius 3 is 2.48 bits per heavy atom. The first-order chi connectivity index (χ1) is 9.92. The lowest BCUT2D eigenvalue weighted by Crippen LogP contribution is -2.35. The topological polar surface area (TPSA) is 32.7 Å². The van der Waals surface area contributed by atoms with Gasteiger partial charge in [0.05, 0.1) is 13.2 Å². The highest BCUT2D eigenvalue weighted by Crippen LogP contribution is 2.16. The minimum absolute atomic E-state index is 0.275. The van der Waals surface area contributed by atoms with Crippen LogP contribution < -0.4 is 4.74 Å². The van der Waals surface area contributed by atoms with Gasteiger partial charge in [0.15, 0.2) is 0 Å². The minimum Gasteiger partial charge on any atom is -0.497 e. The van der Waals surface area contributed by atoms with E-state index in [4.69, 9.17) is 4.74 Å². The third kappa shape index (κ3) is 6.96. The van der Waals surface area contributed by atoms with Crippen molar-refractivity contribution >= 4 is 0 Å². The molecule has 0 aromatic heterocycles. The second-order valence-electron chi connectivity index (χ2n) is 6.58. The van der Waals surface area contributed by atoms with Gasteiger partial charge in [-0.15, -0.1) is 0 Å². The molecule has 0 fully saturated rings. The quantitative estimate of drug-likeness (QED) is 0.755. The largest absolute Gasteiger partial charge is 0.497 e. The van der Waals surface area contributed by atoms with Gasteiger partial charge in [-0.1, -0.05) is 39.8 Å². The van der Waals surface area contributed by atoms with E-state index in [1.165, 1.54) is 5.56 Å². The van der Waals surface area contributed by atoms with Crippen molar-refractivity contribution in [3.05, 3.63) is 29.8 Å². The SMILES string of the molecule is COc1cccc(CN(CCC(C)C)C[C@@H](O)C(C)C)c1. The van der Waals surface area contributed by atoms with Gasteiger partial charge in [-0.2, -0.15) is 0 Å². The van der Waals surface area contributed by atoms with E-state index < -0.39 is 0 Å². The van der Waals surface area contributed by atoms with E-state index in [1.807, 2.05) is 12.1 Å². The predicted octanol–water partition coefficient (Wildman–Crippen LogP) is 3.56. The fourth-order valence-corrected chi connectivity index (χ4v) is 2.18. The van der Waals surface area contributed by atoms with Gasteiger partial charge < -0.3 is 9.84 Å². The Kier molecular flexibility index (Phi) is 7.76. The fourth-order valence-electron chi connectivity index (χ4n) is 2.18. The van der Waals surface area contributed by atoms with Crippen molar-refractivity contribution in [2.24, 2.45) is 11.8 Å². The summed E-state index contributed by atoms with van der Waals surface area (Å²) in [5.74, 6) is 1.85. The van der Waals surface area contributed by atoms with Crippen LogP contribution in [0.4, 0.5) is 0 Å². The van der Waals surface area contributed by atoms with Crippen LogP contribution in [0.3, 0.4) is 0 Å². The normalized spacial score (nSPS) is 13.2. The molecule has 0 aliphatic heterocycles. The van der Waals surface area contributed by atoms with Crippen molar-refractivity contribution in [3.8, 4) is 5.75 Å². The van der Waals surface area contributed by atoms with Gasteiger partial charge >= 0.3 is 0 Å². The molecule has 0 spiro atoms. The molecule has 0 amide bonds. The average molecular weight is 293 g/mol. The monoisotopic (exact) mass is 293 g/mol. The molecular formula is C18H31NO2. The zero-order valence-electron chi connectivity index (χ0n) is 14.2. The number of aliphatic hydroxyl groups excluding tert-OH is 1. The molecule has 0 saturated heterocycles. The van der Waals surface area contributed by atoms with Gasteiger partial charge in [-0.05, 0) is 42.5 Å². The molecule has 1 aromatic carbocycles. The molecule has 0 saturated carbocycles. The highest BCUT2D eigenvalue weighted by molar-refractivity contribution is 5.28. The van der Waals surface area contributed by atoms with Crippen LogP contribution in [0.2, 0.25) is 0 Å². The van der Waals surface area contributed by atoms with Gasteiger partial charge in [0.25, 0.3) is 0 Å². The van der Waals surface area contributed by atoms with E-state index in [9.17, 15) is 5.11 Å². The number of rotatable bonds is 9. The maximum Gasteiger partial charge on any atom is 0.119 e. The molecule has 0 aliphatic rings. The van der Waals surface area contributed by atoms with Gasteiger partial charge in [0, 0.05) is 13.1 Å². The maximum absolute atomic E-state index is 10.2. The van der Waals surface area contributed by atoms with E-state index in [0.717, 1.165) is 31.8 Å². The number of nitrogens with zero attached hydrogens (tertiary/aromatic N) is 1. The van der Waals surface area contributed by atoms with Crippen molar-refractivity contribution in [1.82, 2.24) is 4.90 Å². The Morgan fingerprint density at radius 2 is 1.90 bits per heavy atom. The van der Waals surface area contributed by atoms with Crippen LogP contribution in [0.5, 0.6) is 5.75 Å².